The molecule has 0 spiro atoms. The van der Waals surface area contributed by atoms with Crippen LogP contribution >= 0.6 is 11.3 Å². The predicted molar refractivity (Wildman–Crippen MR) is 111 cm³/mol. The lowest BCUT2D eigenvalue weighted by Crippen LogP contribution is -2.40. The van der Waals surface area contributed by atoms with Crippen molar-refractivity contribution in [1.29, 1.82) is 0 Å². The van der Waals surface area contributed by atoms with Crippen LogP contribution in [0, 0.1) is 0 Å². The highest BCUT2D eigenvalue weighted by Crippen LogP contribution is 2.18. The van der Waals surface area contributed by atoms with Crippen LogP contribution in [0.4, 0.5) is 5.69 Å². The van der Waals surface area contributed by atoms with Crippen LogP contribution in [-0.2, 0) is 16.1 Å². The number of thiophene rings is 1. The number of rotatable bonds is 8. The summed E-state index contributed by atoms with van der Waals surface area (Å²) >= 11 is 1.61. The van der Waals surface area contributed by atoms with Gasteiger partial charge in [0.25, 0.3) is 0 Å². The molecule has 3 aromatic rings. The maximum absolute atomic E-state index is 12.4. The molecule has 0 aliphatic rings. The quantitative estimate of drug-likeness (QED) is 0.628. The molecule has 0 aliphatic carbocycles. The van der Waals surface area contributed by atoms with E-state index in [0.717, 1.165) is 21.3 Å². The van der Waals surface area contributed by atoms with Crippen molar-refractivity contribution in [1.82, 2.24) is 10.2 Å². The van der Waals surface area contributed by atoms with Gasteiger partial charge in [0.05, 0.1) is 19.6 Å². The molecule has 1 aromatic heterocycles. The number of anilines is 1. The molecule has 0 unspecified atom stereocenters. The molecule has 0 saturated carbocycles. The normalized spacial score (nSPS) is 10.9. The van der Waals surface area contributed by atoms with E-state index in [-0.39, 0.29) is 24.9 Å². The highest BCUT2D eigenvalue weighted by Gasteiger charge is 2.13. The highest BCUT2D eigenvalue weighted by atomic mass is 32.1. The van der Waals surface area contributed by atoms with Crippen molar-refractivity contribution in [3.05, 3.63) is 64.9 Å². The minimum Gasteiger partial charge on any atom is -0.350 e. The molecule has 0 atom stereocenters. The first-order valence-electron chi connectivity index (χ1n) is 8.94. The van der Waals surface area contributed by atoms with Gasteiger partial charge in [0, 0.05) is 10.6 Å². The third-order valence-electron chi connectivity index (χ3n) is 4.25. The van der Waals surface area contributed by atoms with E-state index in [9.17, 15) is 9.59 Å². The molecule has 1 heterocycles. The number of nitrogens with one attached hydrogen (secondary N) is 2. The van der Waals surface area contributed by atoms with E-state index < -0.39 is 0 Å². The second-order valence-electron chi connectivity index (χ2n) is 6.27. The van der Waals surface area contributed by atoms with Crippen molar-refractivity contribution in [2.24, 2.45) is 0 Å². The third-order valence-corrected chi connectivity index (χ3v) is 5.13. The van der Waals surface area contributed by atoms with Gasteiger partial charge >= 0.3 is 0 Å². The summed E-state index contributed by atoms with van der Waals surface area (Å²) in [7, 11) is 0. The Morgan fingerprint density at radius 2 is 1.74 bits per heavy atom. The van der Waals surface area contributed by atoms with Gasteiger partial charge in [0.2, 0.25) is 11.8 Å². The molecule has 0 fully saturated rings. The van der Waals surface area contributed by atoms with Gasteiger partial charge in [0.1, 0.15) is 0 Å². The smallest absolute Gasteiger partial charge is 0.238 e. The summed E-state index contributed by atoms with van der Waals surface area (Å²) in [6.45, 7) is 3.47. The van der Waals surface area contributed by atoms with Crippen LogP contribution in [0.15, 0.2) is 60.0 Å². The molecule has 0 bridgehead atoms. The second kappa shape index (κ2) is 9.30. The molecular weight excluding hydrogens is 358 g/mol. The maximum Gasteiger partial charge on any atom is 0.238 e. The summed E-state index contributed by atoms with van der Waals surface area (Å²) in [5, 5.41) is 10.0. The van der Waals surface area contributed by atoms with Gasteiger partial charge in [-0.2, -0.15) is 0 Å². The number of benzene rings is 2. The Hall–Kier alpha value is -2.70. The SMILES string of the molecule is CCN(CC(=O)NCc1cccs1)CC(=O)Nc1ccc2ccccc2c1. The third kappa shape index (κ3) is 5.64. The van der Waals surface area contributed by atoms with Crippen LogP contribution in [-0.4, -0.2) is 36.3 Å². The zero-order valence-corrected chi connectivity index (χ0v) is 16.1. The topological polar surface area (TPSA) is 61.4 Å². The molecule has 0 radical (unpaired) electrons. The van der Waals surface area contributed by atoms with E-state index in [1.54, 1.807) is 11.3 Å². The van der Waals surface area contributed by atoms with Gasteiger partial charge in [-0.05, 0) is 40.9 Å². The molecule has 2 N–H and O–H groups in total. The molecule has 27 heavy (non-hydrogen) atoms. The van der Waals surface area contributed by atoms with E-state index in [1.807, 2.05) is 71.8 Å². The molecule has 140 valence electrons. The summed E-state index contributed by atoms with van der Waals surface area (Å²) in [4.78, 5) is 27.4. The number of likely N-dealkylation sites (N-methyl/N-ethyl adjacent to an activating group) is 1. The molecule has 5 nitrogen and oxygen atoms in total. The van der Waals surface area contributed by atoms with E-state index >= 15 is 0 Å². The minimum absolute atomic E-state index is 0.0799. The molecule has 6 heteroatoms. The minimum atomic E-state index is -0.127. The highest BCUT2D eigenvalue weighted by molar-refractivity contribution is 7.09. The van der Waals surface area contributed by atoms with Gasteiger partial charge in [-0.15, -0.1) is 11.3 Å². The van der Waals surface area contributed by atoms with E-state index in [4.69, 9.17) is 0 Å². The molecule has 0 saturated heterocycles. The molecule has 2 aromatic carbocycles. The Labute approximate surface area is 163 Å². The van der Waals surface area contributed by atoms with Crippen LogP contribution in [0.3, 0.4) is 0 Å². The van der Waals surface area contributed by atoms with Crippen molar-refractivity contribution in [2.45, 2.75) is 13.5 Å². The lowest BCUT2D eigenvalue weighted by molar-refractivity contribution is -0.123. The van der Waals surface area contributed by atoms with Crippen molar-refractivity contribution in [3.8, 4) is 0 Å². The standard InChI is InChI=1S/C21H23N3O2S/c1-2-24(14-20(25)22-13-19-8-5-11-27-19)15-21(26)23-18-10-9-16-6-3-4-7-17(16)12-18/h3-12H,2,13-15H2,1H3,(H,22,25)(H,23,26). The van der Waals surface area contributed by atoms with Crippen LogP contribution < -0.4 is 10.6 Å². The summed E-state index contributed by atoms with van der Waals surface area (Å²) < 4.78 is 0. The van der Waals surface area contributed by atoms with Gasteiger partial charge in [0.15, 0.2) is 0 Å². The number of carbonyl (C=O) groups is 2. The summed E-state index contributed by atoms with van der Waals surface area (Å²) in [6, 6.07) is 17.8. The Kier molecular flexibility index (Phi) is 6.57. The van der Waals surface area contributed by atoms with Crippen molar-refractivity contribution < 1.29 is 9.59 Å². The van der Waals surface area contributed by atoms with Crippen LogP contribution in [0.5, 0.6) is 0 Å². The fraction of sp³-hybridized carbons (Fsp3) is 0.238. The molecule has 3 rings (SSSR count). The van der Waals surface area contributed by atoms with E-state index in [0.29, 0.717) is 13.1 Å². The van der Waals surface area contributed by atoms with Gasteiger partial charge in [-0.25, -0.2) is 0 Å². The van der Waals surface area contributed by atoms with Crippen LogP contribution in [0.2, 0.25) is 0 Å². The first-order chi connectivity index (χ1) is 13.1. The zero-order valence-electron chi connectivity index (χ0n) is 15.3. The summed E-state index contributed by atoms with van der Waals surface area (Å²) in [5.74, 6) is -0.207. The molecular formula is C21H23N3O2S. The van der Waals surface area contributed by atoms with Gasteiger partial charge < -0.3 is 10.6 Å². The largest absolute Gasteiger partial charge is 0.350 e. The fourth-order valence-corrected chi connectivity index (χ4v) is 3.45. The number of amides is 2. The van der Waals surface area contributed by atoms with Crippen LogP contribution in [0.1, 0.15) is 11.8 Å². The number of carbonyl (C=O) groups excluding carboxylic acids is 2. The number of fused-ring (bicyclic) bond motifs is 1. The van der Waals surface area contributed by atoms with E-state index in [1.165, 1.54) is 0 Å². The lowest BCUT2D eigenvalue weighted by atomic mass is 10.1. The Balaban J connectivity index is 1.50. The Bertz CT molecular complexity index is 909. The van der Waals surface area contributed by atoms with Gasteiger partial charge in [-0.1, -0.05) is 43.3 Å². The summed E-state index contributed by atoms with van der Waals surface area (Å²) in [6.07, 6.45) is 0. The monoisotopic (exact) mass is 381 g/mol. The van der Waals surface area contributed by atoms with Crippen molar-refractivity contribution >= 4 is 39.6 Å². The average Bonchev–Trinajstić information content (AvgIpc) is 3.19. The summed E-state index contributed by atoms with van der Waals surface area (Å²) in [5.41, 5.74) is 0.761. The van der Waals surface area contributed by atoms with Crippen molar-refractivity contribution in [3.63, 3.8) is 0 Å². The first-order valence-corrected chi connectivity index (χ1v) is 9.82. The fourth-order valence-electron chi connectivity index (χ4n) is 2.81. The number of hydrogen-bond acceptors (Lipinski definition) is 4. The van der Waals surface area contributed by atoms with Crippen LogP contribution in [0.25, 0.3) is 10.8 Å². The maximum atomic E-state index is 12.4. The Morgan fingerprint density at radius 1 is 0.963 bits per heavy atom. The van der Waals surface area contributed by atoms with Crippen molar-refractivity contribution in [2.75, 3.05) is 25.0 Å². The van der Waals surface area contributed by atoms with E-state index in [2.05, 4.69) is 10.6 Å². The average molecular weight is 382 g/mol. The molecule has 2 amide bonds. The number of hydrogen-bond donors (Lipinski definition) is 2. The molecule has 0 aliphatic heterocycles. The lowest BCUT2D eigenvalue weighted by Gasteiger charge is -2.19. The van der Waals surface area contributed by atoms with Gasteiger partial charge in [-0.3, -0.25) is 14.5 Å². The zero-order chi connectivity index (χ0) is 19.1. The first kappa shape index (κ1) is 19.1. The number of nitrogens with zero attached hydrogens (tertiary/aromatic N) is 1. The Morgan fingerprint density at radius 3 is 2.48 bits per heavy atom. The predicted octanol–water partition coefficient (Wildman–Crippen LogP) is 3.48. The second-order valence-corrected chi connectivity index (χ2v) is 7.30.